The molecule has 4 nitrogen and oxygen atoms in total. The number of thiophene rings is 1. The molecule has 0 spiro atoms. The molecule has 0 unspecified atom stereocenters. The van der Waals surface area contributed by atoms with Gasteiger partial charge in [-0.1, -0.05) is 24.3 Å². The van der Waals surface area contributed by atoms with Crippen LogP contribution in [0.2, 0.25) is 0 Å². The first-order valence-corrected chi connectivity index (χ1v) is 8.48. The van der Waals surface area contributed by atoms with E-state index in [4.69, 9.17) is 4.74 Å². The summed E-state index contributed by atoms with van der Waals surface area (Å²) in [5.74, 6) is -0.732. The highest BCUT2D eigenvalue weighted by molar-refractivity contribution is 7.10. The average Bonchev–Trinajstić information content (AvgIpc) is 3.18. The third-order valence-electron chi connectivity index (χ3n) is 3.73. The molecule has 0 aliphatic rings. The number of hydrogen-bond donors (Lipinski definition) is 1. The van der Waals surface area contributed by atoms with E-state index in [1.807, 2.05) is 48.7 Å². The summed E-state index contributed by atoms with van der Waals surface area (Å²) < 4.78 is 5.25. The Bertz CT molecular complexity index is 906. The van der Waals surface area contributed by atoms with Crippen LogP contribution >= 0.6 is 11.3 Å². The highest BCUT2D eigenvalue weighted by Gasteiger charge is 2.23. The first-order valence-electron chi connectivity index (χ1n) is 7.60. The van der Waals surface area contributed by atoms with Crippen molar-refractivity contribution in [2.24, 2.45) is 0 Å². The van der Waals surface area contributed by atoms with E-state index >= 15 is 0 Å². The second-order valence-electron chi connectivity index (χ2n) is 5.46. The number of ether oxygens (including phenoxy) is 1. The van der Waals surface area contributed by atoms with Crippen LogP contribution < -0.4 is 0 Å². The third-order valence-corrected chi connectivity index (χ3v) is 4.57. The number of para-hydroxylation sites is 1. The Morgan fingerprint density at radius 2 is 2.00 bits per heavy atom. The molecule has 24 heavy (non-hydrogen) atoms. The van der Waals surface area contributed by atoms with Gasteiger partial charge >= 0.3 is 5.97 Å². The van der Waals surface area contributed by atoms with E-state index in [0.29, 0.717) is 5.56 Å². The number of aryl methyl sites for hydroxylation is 1. The first kappa shape index (κ1) is 16.2. The lowest BCUT2D eigenvalue weighted by molar-refractivity contribution is -0.140. The smallest absolute Gasteiger partial charge is 0.331 e. The Balaban J connectivity index is 1.74. The molecule has 1 atom stereocenters. The number of benzene rings is 1. The fourth-order valence-corrected chi connectivity index (χ4v) is 3.22. The lowest BCUT2D eigenvalue weighted by Crippen LogP contribution is -2.24. The predicted molar refractivity (Wildman–Crippen MR) is 96.3 cm³/mol. The lowest BCUT2D eigenvalue weighted by atomic mass is 10.0. The van der Waals surface area contributed by atoms with Crippen LogP contribution in [0.3, 0.4) is 0 Å². The highest BCUT2D eigenvalue weighted by Crippen LogP contribution is 2.23. The molecular formula is C19H17NO3S. The minimum Gasteiger partial charge on any atom is -0.451 e. The molecule has 3 rings (SSSR count). The van der Waals surface area contributed by atoms with Crippen molar-refractivity contribution in [1.29, 1.82) is 0 Å². The SMILES string of the molecule is Cc1[nH]c2ccccc2c1C(=O)[C@H](C)OC(=O)/C=C/c1cccs1. The second-order valence-corrected chi connectivity index (χ2v) is 6.44. The van der Waals surface area contributed by atoms with E-state index in [0.717, 1.165) is 21.5 Å². The van der Waals surface area contributed by atoms with Crippen molar-refractivity contribution in [3.63, 3.8) is 0 Å². The van der Waals surface area contributed by atoms with Crippen LogP contribution in [0.5, 0.6) is 0 Å². The number of ketones is 1. The molecule has 0 bridgehead atoms. The summed E-state index contributed by atoms with van der Waals surface area (Å²) in [7, 11) is 0. The van der Waals surface area contributed by atoms with Crippen LogP contribution in [0.4, 0.5) is 0 Å². The molecule has 2 aromatic heterocycles. The van der Waals surface area contributed by atoms with E-state index in [-0.39, 0.29) is 5.78 Å². The molecule has 5 heteroatoms. The number of carbonyl (C=O) groups is 2. The Morgan fingerprint density at radius 1 is 1.21 bits per heavy atom. The molecule has 0 fully saturated rings. The van der Waals surface area contributed by atoms with Crippen LogP contribution in [0, 0.1) is 6.92 Å². The topological polar surface area (TPSA) is 59.2 Å². The number of Topliss-reactive ketones (excluding diaryl/α,β-unsaturated/α-hetero) is 1. The van der Waals surface area contributed by atoms with Gasteiger partial charge in [-0.3, -0.25) is 4.79 Å². The summed E-state index contributed by atoms with van der Waals surface area (Å²) in [6.07, 6.45) is 2.18. The van der Waals surface area contributed by atoms with Crippen LogP contribution in [0.1, 0.15) is 27.9 Å². The molecule has 0 saturated carbocycles. The Labute approximate surface area is 143 Å². The van der Waals surface area contributed by atoms with Gasteiger partial charge in [0, 0.05) is 33.1 Å². The van der Waals surface area contributed by atoms with Gasteiger partial charge in [0.2, 0.25) is 5.78 Å². The van der Waals surface area contributed by atoms with Gasteiger partial charge in [0.1, 0.15) is 0 Å². The number of hydrogen-bond acceptors (Lipinski definition) is 4. The fourth-order valence-electron chi connectivity index (χ4n) is 2.60. The quantitative estimate of drug-likeness (QED) is 0.427. The molecule has 1 N–H and O–H groups in total. The predicted octanol–water partition coefficient (Wildman–Crippen LogP) is 4.37. The zero-order valence-corrected chi connectivity index (χ0v) is 14.2. The normalized spacial score (nSPS) is 12.6. The summed E-state index contributed by atoms with van der Waals surface area (Å²) >= 11 is 1.53. The van der Waals surface area contributed by atoms with Gasteiger partial charge in [-0.15, -0.1) is 11.3 Å². The molecule has 0 saturated heterocycles. The van der Waals surface area contributed by atoms with Gasteiger partial charge in [-0.2, -0.15) is 0 Å². The van der Waals surface area contributed by atoms with Crippen molar-refractivity contribution in [1.82, 2.24) is 4.98 Å². The van der Waals surface area contributed by atoms with Gasteiger partial charge in [-0.25, -0.2) is 4.79 Å². The maximum Gasteiger partial charge on any atom is 0.331 e. The number of nitrogens with one attached hydrogen (secondary N) is 1. The van der Waals surface area contributed by atoms with Crippen molar-refractivity contribution in [2.75, 3.05) is 0 Å². The Morgan fingerprint density at radius 3 is 2.75 bits per heavy atom. The van der Waals surface area contributed by atoms with E-state index in [9.17, 15) is 9.59 Å². The summed E-state index contributed by atoms with van der Waals surface area (Å²) in [6.45, 7) is 3.44. The van der Waals surface area contributed by atoms with Gasteiger partial charge in [0.25, 0.3) is 0 Å². The van der Waals surface area contributed by atoms with Crippen molar-refractivity contribution in [2.45, 2.75) is 20.0 Å². The van der Waals surface area contributed by atoms with Gasteiger partial charge in [0.15, 0.2) is 6.10 Å². The molecule has 0 radical (unpaired) electrons. The van der Waals surface area contributed by atoms with E-state index < -0.39 is 12.1 Å². The zero-order chi connectivity index (χ0) is 17.1. The Kier molecular flexibility index (Phi) is 4.62. The van der Waals surface area contributed by atoms with Crippen LogP contribution in [-0.2, 0) is 9.53 Å². The first-order chi connectivity index (χ1) is 11.6. The largest absolute Gasteiger partial charge is 0.451 e. The number of rotatable bonds is 5. The molecule has 0 aliphatic carbocycles. The number of aromatic amines is 1. The molecule has 0 aliphatic heterocycles. The van der Waals surface area contributed by atoms with Gasteiger partial charge in [-0.05, 0) is 37.4 Å². The standard InChI is InChI=1S/C19H17NO3S/c1-12-18(15-7-3-4-8-16(15)20-12)19(22)13(2)23-17(21)10-9-14-6-5-11-24-14/h3-11,13,20H,1-2H3/b10-9+/t13-/m0/s1. The number of esters is 1. The number of aromatic nitrogens is 1. The fraction of sp³-hybridized carbons (Fsp3) is 0.158. The van der Waals surface area contributed by atoms with Crippen LogP contribution in [-0.4, -0.2) is 22.8 Å². The lowest BCUT2D eigenvalue weighted by Gasteiger charge is -2.11. The monoisotopic (exact) mass is 339 g/mol. The number of carbonyl (C=O) groups excluding carboxylic acids is 2. The summed E-state index contributed by atoms with van der Waals surface area (Å²) in [5.41, 5.74) is 2.25. The van der Waals surface area contributed by atoms with Gasteiger partial charge < -0.3 is 9.72 Å². The number of fused-ring (bicyclic) bond motifs is 1. The van der Waals surface area contributed by atoms with E-state index in [1.165, 1.54) is 17.4 Å². The third kappa shape index (κ3) is 3.31. The average molecular weight is 339 g/mol. The van der Waals surface area contributed by atoms with E-state index in [2.05, 4.69) is 4.98 Å². The molecule has 0 amide bonds. The van der Waals surface area contributed by atoms with Crippen molar-refractivity contribution < 1.29 is 14.3 Å². The van der Waals surface area contributed by atoms with Crippen molar-refractivity contribution in [3.8, 4) is 0 Å². The minimum absolute atomic E-state index is 0.206. The van der Waals surface area contributed by atoms with Crippen molar-refractivity contribution in [3.05, 3.63) is 64.0 Å². The molecular weight excluding hydrogens is 322 g/mol. The highest BCUT2D eigenvalue weighted by atomic mass is 32.1. The van der Waals surface area contributed by atoms with Crippen LogP contribution in [0.25, 0.3) is 17.0 Å². The molecule has 1 aromatic carbocycles. The molecule has 3 aromatic rings. The Hall–Kier alpha value is -2.66. The van der Waals surface area contributed by atoms with Gasteiger partial charge in [0.05, 0.1) is 0 Å². The molecule has 122 valence electrons. The summed E-state index contributed by atoms with van der Waals surface area (Å²) in [4.78, 5) is 28.7. The zero-order valence-electron chi connectivity index (χ0n) is 13.4. The summed E-state index contributed by atoms with van der Waals surface area (Å²) in [6, 6.07) is 11.4. The maximum atomic E-state index is 12.7. The molecule has 2 heterocycles. The second kappa shape index (κ2) is 6.84. The van der Waals surface area contributed by atoms with E-state index in [1.54, 1.807) is 13.0 Å². The summed E-state index contributed by atoms with van der Waals surface area (Å²) in [5, 5.41) is 2.77. The number of H-pyrrole nitrogens is 1. The minimum atomic E-state index is -0.844. The van der Waals surface area contributed by atoms with Crippen molar-refractivity contribution >= 4 is 40.1 Å². The maximum absolute atomic E-state index is 12.7. The van der Waals surface area contributed by atoms with Crippen LogP contribution in [0.15, 0.2) is 47.9 Å².